The van der Waals surface area contributed by atoms with Crippen molar-refractivity contribution in [2.75, 3.05) is 24.7 Å². The average molecular weight is 408 g/mol. The quantitative estimate of drug-likeness (QED) is 0.729. The lowest BCUT2D eigenvalue weighted by Gasteiger charge is -2.10. The van der Waals surface area contributed by atoms with E-state index in [1.54, 1.807) is 29.6 Å². The molecule has 0 unspecified atom stereocenters. The molecule has 1 saturated heterocycles. The third-order valence-electron chi connectivity index (χ3n) is 3.08. The number of imide groups is 1. The van der Waals surface area contributed by atoms with Crippen LogP contribution in [0.25, 0.3) is 0 Å². The van der Waals surface area contributed by atoms with Crippen molar-refractivity contribution in [3.63, 3.8) is 0 Å². The second-order valence-electron chi connectivity index (χ2n) is 5.12. The van der Waals surface area contributed by atoms with Crippen molar-refractivity contribution in [1.82, 2.24) is 10.6 Å². The number of carbonyl (C=O) groups is 3. The van der Waals surface area contributed by atoms with E-state index in [9.17, 15) is 27.6 Å². The number of amides is 3. The Morgan fingerprint density at radius 3 is 2.31 bits per heavy atom. The summed E-state index contributed by atoms with van der Waals surface area (Å²) >= 11 is 3.64. The summed E-state index contributed by atoms with van der Waals surface area (Å²) in [4.78, 5) is 34.4. The van der Waals surface area contributed by atoms with Gasteiger partial charge in [0.2, 0.25) is 0 Å². The molecule has 0 aromatic heterocycles. The number of hydrogen-bond acceptors (Lipinski definition) is 6. The lowest BCUT2D eigenvalue weighted by atomic mass is 10.1. The van der Waals surface area contributed by atoms with E-state index in [4.69, 9.17) is 4.74 Å². The number of hydrogen-bond donors (Lipinski definition) is 2. The van der Waals surface area contributed by atoms with Gasteiger partial charge in [0.05, 0.1) is 10.1 Å². The molecule has 0 radical (unpaired) electrons. The van der Waals surface area contributed by atoms with E-state index in [2.05, 4.69) is 0 Å². The number of nitrogens with one attached hydrogen (secondary N) is 2. The fourth-order valence-electron chi connectivity index (χ4n) is 1.93. The third-order valence-corrected chi connectivity index (χ3v) is 6.18. The Bertz CT molecular complexity index is 662. The van der Waals surface area contributed by atoms with E-state index in [0.717, 1.165) is 17.1 Å². The molecule has 1 fully saturated rings. The summed E-state index contributed by atoms with van der Waals surface area (Å²) in [5.74, 6) is 0.345. The predicted octanol–water partition coefficient (Wildman–Crippen LogP) is 2.71. The van der Waals surface area contributed by atoms with Crippen molar-refractivity contribution in [3.05, 3.63) is 35.4 Å². The van der Waals surface area contributed by atoms with E-state index in [0.29, 0.717) is 4.58 Å². The van der Waals surface area contributed by atoms with Gasteiger partial charge in [-0.1, -0.05) is 12.1 Å². The third kappa shape index (κ3) is 6.79. The molecule has 1 heterocycles. The maximum absolute atomic E-state index is 11.9. The summed E-state index contributed by atoms with van der Waals surface area (Å²) in [6, 6.07) is 5.43. The number of ether oxygens (including phenoxy) is 1. The van der Waals surface area contributed by atoms with Crippen LogP contribution in [0.5, 0.6) is 0 Å². The molecule has 1 aromatic rings. The molecule has 0 atom stereocenters. The monoisotopic (exact) mass is 408 g/mol. The van der Waals surface area contributed by atoms with Crippen LogP contribution in [0.3, 0.4) is 0 Å². The van der Waals surface area contributed by atoms with Gasteiger partial charge in [-0.05, 0) is 17.7 Å². The topological polar surface area (TPSA) is 84.5 Å². The lowest BCUT2D eigenvalue weighted by Crippen LogP contribution is -2.44. The average Bonchev–Trinajstić information content (AvgIpc) is 3.12. The Kier molecular flexibility index (Phi) is 7.21. The first kappa shape index (κ1) is 20.4. The fourth-order valence-corrected chi connectivity index (χ4v) is 4.79. The van der Waals surface area contributed by atoms with Crippen LogP contribution < -0.4 is 10.6 Å². The number of esters is 1. The molecule has 0 aliphatic carbocycles. The molecule has 26 heavy (non-hydrogen) atoms. The Hall–Kier alpha value is -1.88. The minimum atomic E-state index is -4.59. The normalized spacial score (nSPS) is 14.7. The summed E-state index contributed by atoms with van der Waals surface area (Å²) in [6.45, 7) is -2.36. The van der Waals surface area contributed by atoms with E-state index < -0.39 is 37.2 Å². The summed E-state index contributed by atoms with van der Waals surface area (Å²) in [7, 11) is 0. The van der Waals surface area contributed by atoms with Crippen molar-refractivity contribution in [3.8, 4) is 0 Å². The lowest BCUT2D eigenvalue weighted by molar-refractivity contribution is -0.125. The van der Waals surface area contributed by atoms with E-state index in [-0.39, 0.29) is 5.56 Å². The van der Waals surface area contributed by atoms with Gasteiger partial charge >= 0.3 is 18.2 Å². The van der Waals surface area contributed by atoms with Gasteiger partial charge in [0.15, 0.2) is 6.61 Å². The molecule has 11 heteroatoms. The first-order valence-corrected chi connectivity index (χ1v) is 9.49. The van der Waals surface area contributed by atoms with Crippen molar-refractivity contribution in [2.24, 2.45) is 0 Å². The first-order chi connectivity index (χ1) is 12.2. The molecule has 142 valence electrons. The van der Waals surface area contributed by atoms with Crippen LogP contribution >= 0.6 is 23.5 Å². The van der Waals surface area contributed by atoms with Crippen LogP contribution in [-0.2, 0) is 9.53 Å². The van der Waals surface area contributed by atoms with Crippen LogP contribution in [0.15, 0.2) is 24.3 Å². The molecule has 3 amide bonds. The highest BCUT2D eigenvalue weighted by Crippen LogP contribution is 2.45. The number of carbonyl (C=O) groups excluding carboxylic acids is 3. The zero-order valence-corrected chi connectivity index (χ0v) is 14.9. The highest BCUT2D eigenvalue weighted by atomic mass is 32.2. The summed E-state index contributed by atoms with van der Waals surface area (Å²) < 4.78 is 40.8. The maximum atomic E-state index is 11.9. The van der Waals surface area contributed by atoms with Gasteiger partial charge in [-0.25, -0.2) is 9.59 Å². The van der Waals surface area contributed by atoms with Crippen LogP contribution in [-0.4, -0.2) is 48.7 Å². The van der Waals surface area contributed by atoms with Gasteiger partial charge in [0.1, 0.15) is 6.54 Å². The van der Waals surface area contributed by atoms with E-state index >= 15 is 0 Å². The maximum Gasteiger partial charge on any atom is 0.405 e. The summed E-state index contributed by atoms with van der Waals surface area (Å²) in [5.41, 5.74) is 1.31. The molecule has 1 aromatic carbocycles. The van der Waals surface area contributed by atoms with E-state index in [1.165, 1.54) is 5.32 Å². The zero-order chi connectivity index (χ0) is 19.2. The molecular formula is C15H15F3N2O4S2. The van der Waals surface area contributed by atoms with Gasteiger partial charge in [0.25, 0.3) is 5.91 Å². The van der Waals surface area contributed by atoms with Crippen molar-refractivity contribution in [1.29, 1.82) is 0 Å². The molecule has 6 nitrogen and oxygen atoms in total. The van der Waals surface area contributed by atoms with Gasteiger partial charge < -0.3 is 10.1 Å². The largest absolute Gasteiger partial charge is 0.452 e. The van der Waals surface area contributed by atoms with Crippen LogP contribution in [0.1, 0.15) is 20.5 Å². The number of urea groups is 1. The first-order valence-electron chi connectivity index (χ1n) is 7.39. The fraction of sp³-hybridized carbons (Fsp3) is 0.400. The van der Waals surface area contributed by atoms with Gasteiger partial charge in [-0.3, -0.25) is 10.1 Å². The number of benzene rings is 1. The van der Waals surface area contributed by atoms with Gasteiger partial charge in [-0.15, -0.1) is 23.5 Å². The molecule has 1 aliphatic heterocycles. The number of alkyl halides is 3. The second-order valence-corrected chi connectivity index (χ2v) is 7.84. The predicted molar refractivity (Wildman–Crippen MR) is 92.0 cm³/mol. The Labute approximate surface area is 155 Å². The molecule has 2 N–H and O–H groups in total. The minimum absolute atomic E-state index is 0.232. The molecule has 2 rings (SSSR count). The Morgan fingerprint density at radius 2 is 1.73 bits per heavy atom. The van der Waals surface area contributed by atoms with Crippen molar-refractivity contribution in [2.45, 2.75) is 10.8 Å². The molecule has 0 bridgehead atoms. The molecule has 1 aliphatic rings. The van der Waals surface area contributed by atoms with Gasteiger partial charge in [-0.2, -0.15) is 13.2 Å². The van der Waals surface area contributed by atoms with Crippen LogP contribution in [0, 0.1) is 0 Å². The molecule has 0 spiro atoms. The second kappa shape index (κ2) is 9.17. The zero-order valence-electron chi connectivity index (χ0n) is 13.3. The van der Waals surface area contributed by atoms with Crippen LogP contribution in [0.4, 0.5) is 18.0 Å². The summed E-state index contributed by atoms with van der Waals surface area (Å²) in [5, 5.41) is 3.10. The highest BCUT2D eigenvalue weighted by molar-refractivity contribution is 8.19. The summed E-state index contributed by atoms with van der Waals surface area (Å²) in [6.07, 6.45) is -4.59. The number of halogens is 3. The molecular weight excluding hydrogens is 393 g/mol. The standard InChI is InChI=1S/C15H15F3N2O4S2/c16-15(17,18)8-19-14(23)20-11(21)7-24-12(22)9-1-3-10(4-2-9)13-25-5-6-26-13/h1-4,13H,5-8H2,(H2,19,20,21,23). The SMILES string of the molecule is O=C(COC(=O)c1ccc(C2SCCS2)cc1)NC(=O)NCC(F)(F)F. The number of rotatable bonds is 5. The van der Waals surface area contributed by atoms with Gasteiger partial charge in [0, 0.05) is 11.5 Å². The number of thioether (sulfide) groups is 2. The van der Waals surface area contributed by atoms with E-state index in [1.807, 2.05) is 23.5 Å². The Morgan fingerprint density at radius 1 is 1.12 bits per heavy atom. The Balaban J connectivity index is 1.75. The van der Waals surface area contributed by atoms with Crippen molar-refractivity contribution < 1.29 is 32.3 Å². The van der Waals surface area contributed by atoms with Crippen molar-refractivity contribution >= 4 is 41.4 Å². The minimum Gasteiger partial charge on any atom is -0.452 e. The van der Waals surface area contributed by atoms with Crippen LogP contribution in [0.2, 0.25) is 0 Å². The smallest absolute Gasteiger partial charge is 0.405 e. The molecule has 0 saturated carbocycles. The highest BCUT2D eigenvalue weighted by Gasteiger charge is 2.28.